The monoisotopic (exact) mass is 322 g/mol. The van der Waals surface area contributed by atoms with Gasteiger partial charge in [-0.2, -0.15) is 4.99 Å². The van der Waals surface area contributed by atoms with Gasteiger partial charge in [-0.25, -0.2) is 0 Å². The topological polar surface area (TPSA) is 100 Å². The number of methoxy groups -OCH3 is 2. The molecule has 1 aliphatic heterocycles. The van der Waals surface area contributed by atoms with Crippen molar-refractivity contribution in [2.45, 2.75) is 6.92 Å². The van der Waals surface area contributed by atoms with E-state index >= 15 is 0 Å². The first-order chi connectivity index (χ1) is 10.4. The molecule has 0 atom stereocenters. The summed E-state index contributed by atoms with van der Waals surface area (Å²) >= 11 is 1.08. The Hall–Kier alpha value is -2.48. The summed E-state index contributed by atoms with van der Waals surface area (Å²) in [6.45, 7) is 1.28. The largest absolute Gasteiger partial charge is 0.493 e. The molecule has 0 saturated heterocycles. The molecule has 1 heterocycles. The average molecular weight is 322 g/mol. The van der Waals surface area contributed by atoms with Crippen LogP contribution in [-0.2, 0) is 9.59 Å². The molecule has 0 fully saturated rings. The molecule has 0 radical (unpaired) electrons. The first-order valence-corrected chi connectivity index (χ1v) is 6.98. The molecule has 1 aliphatic rings. The predicted octanol–water partition coefficient (Wildman–Crippen LogP) is 1.56. The van der Waals surface area contributed by atoms with Gasteiger partial charge in [0, 0.05) is 6.92 Å². The summed E-state index contributed by atoms with van der Waals surface area (Å²) in [6.07, 6.45) is 1.61. The molecule has 116 valence electrons. The Balaban J connectivity index is 2.44. The van der Waals surface area contributed by atoms with Gasteiger partial charge < -0.3 is 19.9 Å². The highest BCUT2D eigenvalue weighted by Gasteiger charge is 2.21. The minimum absolute atomic E-state index is 0.181. The van der Waals surface area contributed by atoms with Crippen LogP contribution in [-0.4, -0.2) is 31.3 Å². The third kappa shape index (κ3) is 3.40. The number of ether oxygens (including phenoxy) is 3. The summed E-state index contributed by atoms with van der Waals surface area (Å²) in [5, 5.41) is 0.201. The van der Waals surface area contributed by atoms with E-state index in [4.69, 9.17) is 19.9 Å². The van der Waals surface area contributed by atoms with Crippen LogP contribution < -0.4 is 19.9 Å². The number of hydrogen-bond acceptors (Lipinski definition) is 7. The second kappa shape index (κ2) is 6.52. The van der Waals surface area contributed by atoms with Gasteiger partial charge in [0.15, 0.2) is 16.7 Å². The van der Waals surface area contributed by atoms with E-state index in [-0.39, 0.29) is 10.9 Å². The van der Waals surface area contributed by atoms with E-state index in [0.717, 1.165) is 11.8 Å². The van der Waals surface area contributed by atoms with Gasteiger partial charge in [0.25, 0.3) is 5.91 Å². The highest BCUT2D eigenvalue weighted by atomic mass is 32.2. The molecule has 8 heteroatoms. The number of hydrogen-bond donors (Lipinski definition) is 1. The fourth-order valence-corrected chi connectivity index (χ4v) is 2.49. The van der Waals surface area contributed by atoms with Crippen LogP contribution in [0.1, 0.15) is 12.5 Å². The van der Waals surface area contributed by atoms with Crippen molar-refractivity contribution in [2.75, 3.05) is 14.2 Å². The number of carbonyl (C=O) groups is 2. The van der Waals surface area contributed by atoms with Gasteiger partial charge in [0.05, 0.1) is 19.1 Å². The Morgan fingerprint density at radius 2 is 1.86 bits per heavy atom. The lowest BCUT2D eigenvalue weighted by atomic mass is 10.1. The molecule has 1 aromatic rings. The van der Waals surface area contributed by atoms with Crippen LogP contribution >= 0.6 is 11.8 Å². The Morgan fingerprint density at radius 1 is 1.27 bits per heavy atom. The summed E-state index contributed by atoms with van der Waals surface area (Å²) in [4.78, 5) is 26.8. The number of amidine groups is 1. The fourth-order valence-electron chi connectivity index (χ4n) is 1.80. The van der Waals surface area contributed by atoms with E-state index < -0.39 is 11.9 Å². The molecule has 0 aliphatic carbocycles. The van der Waals surface area contributed by atoms with Crippen molar-refractivity contribution in [1.29, 1.82) is 0 Å². The second-order valence-corrected chi connectivity index (χ2v) is 5.28. The highest BCUT2D eigenvalue weighted by Crippen LogP contribution is 2.40. The SMILES string of the molecule is COc1cc(/C=C2\SC(N)=NC2=O)cc(OC)c1OC(C)=O. The van der Waals surface area contributed by atoms with Crippen LogP contribution in [0, 0.1) is 0 Å². The minimum atomic E-state index is -0.495. The van der Waals surface area contributed by atoms with Gasteiger partial charge in [-0.15, -0.1) is 0 Å². The summed E-state index contributed by atoms with van der Waals surface area (Å²) in [5.74, 6) is -0.0906. The Morgan fingerprint density at radius 3 is 2.27 bits per heavy atom. The van der Waals surface area contributed by atoms with Crippen molar-refractivity contribution in [2.24, 2.45) is 10.7 Å². The lowest BCUT2D eigenvalue weighted by molar-refractivity contribution is -0.132. The number of esters is 1. The molecular weight excluding hydrogens is 308 g/mol. The molecule has 7 nitrogen and oxygen atoms in total. The van der Waals surface area contributed by atoms with Gasteiger partial charge in [-0.1, -0.05) is 0 Å². The molecule has 1 amide bonds. The molecular formula is C14H14N2O5S. The van der Waals surface area contributed by atoms with E-state index in [2.05, 4.69) is 4.99 Å². The van der Waals surface area contributed by atoms with Crippen LogP contribution in [0.4, 0.5) is 0 Å². The third-order valence-electron chi connectivity index (χ3n) is 2.66. The van der Waals surface area contributed by atoms with Gasteiger partial charge in [0.1, 0.15) is 0 Å². The Bertz CT molecular complexity index is 671. The van der Waals surface area contributed by atoms with Crippen LogP contribution in [0.25, 0.3) is 6.08 Å². The smallest absolute Gasteiger partial charge is 0.308 e. The second-order valence-electron chi connectivity index (χ2n) is 4.21. The van der Waals surface area contributed by atoms with Gasteiger partial charge in [-0.05, 0) is 35.5 Å². The van der Waals surface area contributed by atoms with Crippen molar-refractivity contribution in [3.63, 3.8) is 0 Å². The molecule has 0 aromatic heterocycles. The first-order valence-electron chi connectivity index (χ1n) is 6.17. The number of nitrogens with zero attached hydrogens (tertiary/aromatic N) is 1. The van der Waals surface area contributed by atoms with Crippen LogP contribution in [0.15, 0.2) is 22.0 Å². The molecule has 2 N–H and O–H groups in total. The normalized spacial score (nSPS) is 15.7. The molecule has 22 heavy (non-hydrogen) atoms. The van der Waals surface area contributed by atoms with E-state index in [9.17, 15) is 9.59 Å². The standard InChI is InChI=1S/C14H14N2O5S/c1-7(17)21-12-9(19-2)4-8(5-10(12)20-3)6-11-13(18)16-14(15)22-11/h4-6H,1-3H3,(H2,15,16,18)/b11-6-. The van der Waals surface area contributed by atoms with E-state index in [1.165, 1.54) is 21.1 Å². The predicted molar refractivity (Wildman–Crippen MR) is 83.1 cm³/mol. The maximum Gasteiger partial charge on any atom is 0.308 e. The van der Waals surface area contributed by atoms with E-state index in [1.807, 2.05) is 0 Å². The lowest BCUT2D eigenvalue weighted by Crippen LogP contribution is -2.05. The lowest BCUT2D eigenvalue weighted by Gasteiger charge is -2.13. The Kier molecular flexibility index (Phi) is 4.71. The number of rotatable bonds is 4. The minimum Gasteiger partial charge on any atom is -0.493 e. The number of nitrogens with two attached hydrogens (primary N) is 1. The molecule has 0 saturated carbocycles. The van der Waals surface area contributed by atoms with Crippen molar-refractivity contribution in [3.05, 3.63) is 22.6 Å². The molecule has 2 rings (SSSR count). The number of carbonyl (C=O) groups excluding carboxylic acids is 2. The van der Waals surface area contributed by atoms with Gasteiger partial charge >= 0.3 is 5.97 Å². The fraction of sp³-hybridized carbons (Fsp3) is 0.214. The van der Waals surface area contributed by atoms with Crippen LogP contribution in [0.5, 0.6) is 17.2 Å². The van der Waals surface area contributed by atoms with Crippen LogP contribution in [0.3, 0.4) is 0 Å². The summed E-state index contributed by atoms with van der Waals surface area (Å²) in [5.41, 5.74) is 6.13. The maximum atomic E-state index is 11.6. The van der Waals surface area contributed by atoms with Gasteiger partial charge in [0.2, 0.25) is 5.75 Å². The number of amides is 1. The van der Waals surface area contributed by atoms with Crippen LogP contribution in [0.2, 0.25) is 0 Å². The number of aliphatic imine (C=N–C) groups is 1. The highest BCUT2D eigenvalue weighted by molar-refractivity contribution is 8.18. The first kappa shape index (κ1) is 15.9. The molecule has 1 aromatic carbocycles. The Labute approximate surface area is 131 Å². The van der Waals surface area contributed by atoms with Crippen molar-refractivity contribution >= 4 is 34.9 Å². The summed E-state index contributed by atoms with van der Waals surface area (Å²) in [7, 11) is 2.88. The summed E-state index contributed by atoms with van der Waals surface area (Å²) < 4.78 is 15.5. The summed E-state index contributed by atoms with van der Waals surface area (Å²) in [6, 6.07) is 3.24. The van der Waals surface area contributed by atoms with E-state index in [1.54, 1.807) is 18.2 Å². The molecule has 0 unspecified atom stereocenters. The number of thioether (sulfide) groups is 1. The van der Waals surface area contributed by atoms with Crippen molar-refractivity contribution in [1.82, 2.24) is 0 Å². The zero-order valence-corrected chi connectivity index (χ0v) is 13.0. The maximum absolute atomic E-state index is 11.6. The molecule has 0 spiro atoms. The average Bonchev–Trinajstić information content (AvgIpc) is 2.77. The molecule has 0 bridgehead atoms. The van der Waals surface area contributed by atoms with E-state index in [0.29, 0.717) is 22.0 Å². The third-order valence-corrected chi connectivity index (χ3v) is 3.48. The number of benzene rings is 1. The quantitative estimate of drug-likeness (QED) is 0.510. The van der Waals surface area contributed by atoms with Crippen molar-refractivity contribution < 1.29 is 23.8 Å². The zero-order valence-electron chi connectivity index (χ0n) is 12.2. The zero-order chi connectivity index (χ0) is 16.3. The van der Waals surface area contributed by atoms with Gasteiger partial charge in [-0.3, -0.25) is 9.59 Å². The van der Waals surface area contributed by atoms with Crippen molar-refractivity contribution in [3.8, 4) is 17.2 Å².